The van der Waals surface area contributed by atoms with E-state index in [9.17, 15) is 0 Å². The lowest BCUT2D eigenvalue weighted by molar-refractivity contribution is 0.120. The van der Waals surface area contributed by atoms with Gasteiger partial charge in [0.1, 0.15) is 11.4 Å². The summed E-state index contributed by atoms with van der Waals surface area (Å²) in [6.45, 7) is 5.40. The molecule has 5 heteroatoms. The maximum Gasteiger partial charge on any atom is 0.147 e. The van der Waals surface area contributed by atoms with Crippen LogP contribution >= 0.6 is 11.6 Å². The van der Waals surface area contributed by atoms with Crippen LogP contribution in [0.3, 0.4) is 0 Å². The quantitative estimate of drug-likeness (QED) is 0.630. The number of hydrogen-bond donors (Lipinski definition) is 1. The summed E-state index contributed by atoms with van der Waals surface area (Å²) in [4.78, 5) is 5.84. The molecule has 1 N–H and O–H groups in total. The number of nitrogens with zero attached hydrogens (tertiary/aromatic N) is 1. The van der Waals surface area contributed by atoms with Crippen LogP contribution in [0.5, 0.6) is 5.75 Å². The number of ether oxygens (including phenoxy) is 1. The summed E-state index contributed by atoms with van der Waals surface area (Å²) in [5.41, 5.74) is 4.91. The second-order valence-electron chi connectivity index (χ2n) is 5.07. The average Bonchev–Trinajstić information content (AvgIpc) is 2.57. The number of para-hydroxylation sites is 2. The van der Waals surface area contributed by atoms with Crippen LogP contribution in [0.2, 0.25) is 5.02 Å². The zero-order valence-corrected chi connectivity index (χ0v) is 14.3. The maximum atomic E-state index is 6.05. The molecule has 2 rings (SSSR count). The van der Waals surface area contributed by atoms with Gasteiger partial charge in [-0.3, -0.25) is 10.3 Å². The topological polar surface area (TPSA) is 33.7 Å². The summed E-state index contributed by atoms with van der Waals surface area (Å²) in [5, 5.41) is 2.31. The molecule has 0 atom stereocenters. The Labute approximate surface area is 142 Å². The molecule has 0 heterocycles. The molecule has 0 fully saturated rings. The van der Waals surface area contributed by atoms with Crippen LogP contribution in [-0.4, -0.2) is 13.2 Å². The third-order valence-corrected chi connectivity index (χ3v) is 3.26. The Balaban J connectivity index is 2.23. The molecule has 0 unspecified atom stereocenters. The first-order valence-corrected chi connectivity index (χ1v) is 8.29. The number of rotatable bonds is 9. The number of halogens is 1. The minimum atomic E-state index is 0.593. The normalized spacial score (nSPS) is 10.4. The lowest BCUT2D eigenvalue weighted by Gasteiger charge is -2.26. The Kier molecular flexibility index (Phi) is 7.04. The van der Waals surface area contributed by atoms with Crippen molar-refractivity contribution in [2.24, 2.45) is 0 Å². The van der Waals surface area contributed by atoms with E-state index in [1.54, 1.807) is 5.17 Å². The third-order valence-electron chi connectivity index (χ3n) is 3.03. The number of hydrogen-bond acceptors (Lipinski definition) is 4. The van der Waals surface area contributed by atoms with E-state index in [2.05, 4.69) is 19.3 Å². The van der Waals surface area contributed by atoms with Gasteiger partial charge in [-0.2, -0.15) is 5.17 Å². The van der Waals surface area contributed by atoms with Crippen molar-refractivity contribution in [1.29, 1.82) is 0 Å². The van der Waals surface area contributed by atoms with E-state index in [-0.39, 0.29) is 0 Å². The molecule has 2 aromatic rings. The third kappa shape index (κ3) is 5.34. The van der Waals surface area contributed by atoms with Gasteiger partial charge < -0.3 is 4.74 Å². The van der Waals surface area contributed by atoms with Crippen molar-refractivity contribution in [3.63, 3.8) is 0 Å². The van der Waals surface area contributed by atoms with Gasteiger partial charge in [-0.15, -0.1) is 0 Å². The van der Waals surface area contributed by atoms with E-state index in [1.807, 2.05) is 48.5 Å². The second kappa shape index (κ2) is 9.28. The minimum Gasteiger partial charge on any atom is -0.491 e. The van der Waals surface area contributed by atoms with Gasteiger partial charge in [-0.25, -0.2) is 0 Å². The number of benzene rings is 2. The van der Waals surface area contributed by atoms with Gasteiger partial charge in [0.05, 0.1) is 18.9 Å². The van der Waals surface area contributed by atoms with E-state index in [1.165, 1.54) is 0 Å². The highest BCUT2D eigenvalue weighted by atomic mass is 35.5. The Morgan fingerprint density at radius 1 is 1.00 bits per heavy atom. The predicted octanol–water partition coefficient (Wildman–Crippen LogP) is 5.30. The average molecular weight is 335 g/mol. The summed E-state index contributed by atoms with van der Waals surface area (Å²) < 4.78 is 5.82. The SMILES string of the molecule is CCCOc1ccccc1N(Nc1cccc(Cl)c1)OCCC. The van der Waals surface area contributed by atoms with Crippen LogP contribution < -0.4 is 15.3 Å². The summed E-state index contributed by atoms with van der Waals surface area (Å²) in [5.74, 6) is 0.778. The molecule has 2 aromatic carbocycles. The summed E-state index contributed by atoms with van der Waals surface area (Å²) >= 11 is 6.05. The smallest absolute Gasteiger partial charge is 0.147 e. The molecule has 0 amide bonds. The molecule has 0 spiro atoms. The largest absolute Gasteiger partial charge is 0.491 e. The molecular weight excluding hydrogens is 312 g/mol. The first-order chi connectivity index (χ1) is 11.2. The Hall–Kier alpha value is -1.91. The van der Waals surface area contributed by atoms with Crippen LogP contribution in [0, 0.1) is 0 Å². The molecule has 4 nitrogen and oxygen atoms in total. The maximum absolute atomic E-state index is 6.05. The minimum absolute atomic E-state index is 0.593. The van der Waals surface area contributed by atoms with Gasteiger partial charge in [-0.1, -0.05) is 43.6 Å². The Bertz CT molecular complexity index is 607. The summed E-state index contributed by atoms with van der Waals surface area (Å²) in [7, 11) is 0. The van der Waals surface area contributed by atoms with Gasteiger partial charge in [0.15, 0.2) is 0 Å². The Morgan fingerprint density at radius 3 is 2.52 bits per heavy atom. The van der Waals surface area contributed by atoms with Crippen molar-refractivity contribution in [3.8, 4) is 5.75 Å². The van der Waals surface area contributed by atoms with Crippen molar-refractivity contribution in [1.82, 2.24) is 0 Å². The molecule has 0 radical (unpaired) electrons. The Morgan fingerprint density at radius 2 is 1.78 bits per heavy atom. The monoisotopic (exact) mass is 334 g/mol. The predicted molar refractivity (Wildman–Crippen MR) is 96.0 cm³/mol. The first kappa shape index (κ1) is 17.4. The van der Waals surface area contributed by atoms with Crippen molar-refractivity contribution >= 4 is 23.0 Å². The molecule has 23 heavy (non-hydrogen) atoms. The van der Waals surface area contributed by atoms with Gasteiger partial charge in [0.2, 0.25) is 0 Å². The second-order valence-corrected chi connectivity index (χ2v) is 5.50. The standard InChI is InChI=1S/C18H23ClN2O2/c1-3-12-22-18-11-6-5-10-17(18)21(23-13-4-2)20-16-9-7-8-15(19)14-16/h5-11,14,20H,3-4,12-13H2,1-2H3. The fourth-order valence-electron chi connectivity index (χ4n) is 1.98. The van der Waals surface area contributed by atoms with E-state index in [4.69, 9.17) is 21.2 Å². The molecular formula is C18H23ClN2O2. The summed E-state index contributed by atoms with van der Waals surface area (Å²) in [6, 6.07) is 15.3. The number of anilines is 2. The fraction of sp³-hybridized carbons (Fsp3) is 0.333. The van der Waals surface area contributed by atoms with E-state index in [0.717, 1.165) is 30.0 Å². The van der Waals surface area contributed by atoms with Crippen LogP contribution in [0.15, 0.2) is 48.5 Å². The van der Waals surface area contributed by atoms with Crippen molar-refractivity contribution in [2.75, 3.05) is 23.8 Å². The van der Waals surface area contributed by atoms with Crippen molar-refractivity contribution in [2.45, 2.75) is 26.7 Å². The molecule has 0 bridgehead atoms. The van der Waals surface area contributed by atoms with Gasteiger partial charge in [-0.05, 0) is 43.2 Å². The van der Waals surface area contributed by atoms with Crippen LogP contribution in [-0.2, 0) is 4.84 Å². The fourth-order valence-corrected chi connectivity index (χ4v) is 2.17. The lowest BCUT2D eigenvalue weighted by atomic mass is 10.3. The van der Waals surface area contributed by atoms with E-state index in [0.29, 0.717) is 18.2 Å². The van der Waals surface area contributed by atoms with Gasteiger partial charge >= 0.3 is 0 Å². The number of hydrazine groups is 1. The van der Waals surface area contributed by atoms with E-state index < -0.39 is 0 Å². The molecule has 124 valence electrons. The molecule has 0 aliphatic heterocycles. The van der Waals surface area contributed by atoms with E-state index >= 15 is 0 Å². The van der Waals surface area contributed by atoms with Crippen LogP contribution in [0.1, 0.15) is 26.7 Å². The number of nitrogens with one attached hydrogen (secondary N) is 1. The first-order valence-electron chi connectivity index (χ1n) is 7.91. The van der Waals surface area contributed by atoms with Crippen molar-refractivity contribution in [3.05, 3.63) is 53.6 Å². The summed E-state index contributed by atoms with van der Waals surface area (Å²) in [6.07, 6.45) is 1.86. The van der Waals surface area contributed by atoms with Gasteiger partial charge in [0.25, 0.3) is 0 Å². The molecule has 0 saturated heterocycles. The molecule has 0 aromatic heterocycles. The van der Waals surface area contributed by atoms with Crippen LogP contribution in [0.25, 0.3) is 0 Å². The van der Waals surface area contributed by atoms with Crippen LogP contribution in [0.4, 0.5) is 11.4 Å². The zero-order chi connectivity index (χ0) is 16.5. The van der Waals surface area contributed by atoms with Gasteiger partial charge in [0, 0.05) is 5.02 Å². The highest BCUT2D eigenvalue weighted by molar-refractivity contribution is 6.30. The highest BCUT2D eigenvalue weighted by Gasteiger charge is 2.13. The molecule has 0 saturated carbocycles. The highest BCUT2D eigenvalue weighted by Crippen LogP contribution is 2.29. The molecule has 0 aliphatic rings. The van der Waals surface area contributed by atoms with Crippen molar-refractivity contribution < 1.29 is 9.57 Å². The molecule has 0 aliphatic carbocycles. The lowest BCUT2D eigenvalue weighted by Crippen LogP contribution is -2.31. The zero-order valence-electron chi connectivity index (χ0n) is 13.6.